The van der Waals surface area contributed by atoms with E-state index in [4.69, 9.17) is 0 Å². The summed E-state index contributed by atoms with van der Waals surface area (Å²) in [6.45, 7) is 4.21. The Morgan fingerprint density at radius 1 is 1.33 bits per heavy atom. The average Bonchev–Trinajstić information content (AvgIpc) is 2.94. The number of hydrogen-bond donors (Lipinski definition) is 1. The van der Waals surface area contributed by atoms with Crippen molar-refractivity contribution in [2.45, 2.75) is 32.4 Å². The molecule has 0 radical (unpaired) electrons. The SMILES string of the molecule is CNC(Cc1ncnn1C(C)C)c1nccn1C. The molecule has 0 amide bonds. The standard InChI is InChI=1S/C12H20N6/c1-9(2)18-11(15-8-16-18)7-10(13-3)12-14-5-6-17(12)4/h5-6,8-10,13H,7H2,1-4H3. The summed E-state index contributed by atoms with van der Waals surface area (Å²) in [5, 5.41) is 7.54. The monoisotopic (exact) mass is 248 g/mol. The second-order valence-corrected chi connectivity index (χ2v) is 4.66. The van der Waals surface area contributed by atoms with Crippen LogP contribution < -0.4 is 5.32 Å². The Balaban J connectivity index is 2.21. The van der Waals surface area contributed by atoms with Gasteiger partial charge in [-0.05, 0) is 20.9 Å². The molecule has 2 aromatic heterocycles. The van der Waals surface area contributed by atoms with Gasteiger partial charge in [0, 0.05) is 31.9 Å². The van der Waals surface area contributed by atoms with Gasteiger partial charge in [0.25, 0.3) is 0 Å². The van der Waals surface area contributed by atoms with E-state index in [2.05, 4.69) is 34.2 Å². The topological polar surface area (TPSA) is 60.6 Å². The van der Waals surface area contributed by atoms with Gasteiger partial charge in [-0.2, -0.15) is 5.10 Å². The van der Waals surface area contributed by atoms with Crippen LogP contribution in [0.2, 0.25) is 0 Å². The zero-order chi connectivity index (χ0) is 13.1. The van der Waals surface area contributed by atoms with Gasteiger partial charge in [0.2, 0.25) is 0 Å². The lowest BCUT2D eigenvalue weighted by atomic mass is 10.2. The third-order valence-electron chi connectivity index (χ3n) is 3.04. The number of hydrogen-bond acceptors (Lipinski definition) is 4. The molecule has 1 N–H and O–H groups in total. The molecule has 0 saturated carbocycles. The van der Waals surface area contributed by atoms with Crippen molar-refractivity contribution < 1.29 is 0 Å². The predicted molar refractivity (Wildman–Crippen MR) is 69.1 cm³/mol. The third-order valence-corrected chi connectivity index (χ3v) is 3.04. The first kappa shape index (κ1) is 12.8. The summed E-state index contributed by atoms with van der Waals surface area (Å²) in [7, 11) is 3.94. The van der Waals surface area contributed by atoms with Crippen LogP contribution in [0.5, 0.6) is 0 Å². The van der Waals surface area contributed by atoms with Crippen LogP contribution in [0.4, 0.5) is 0 Å². The minimum absolute atomic E-state index is 0.145. The van der Waals surface area contributed by atoms with Gasteiger partial charge in [0.05, 0.1) is 6.04 Å². The lowest BCUT2D eigenvalue weighted by Crippen LogP contribution is -2.24. The summed E-state index contributed by atoms with van der Waals surface area (Å²) in [6.07, 6.45) is 6.15. The molecule has 6 heteroatoms. The minimum atomic E-state index is 0.145. The fourth-order valence-electron chi connectivity index (χ4n) is 2.07. The Morgan fingerprint density at radius 2 is 2.11 bits per heavy atom. The van der Waals surface area contributed by atoms with E-state index in [-0.39, 0.29) is 6.04 Å². The zero-order valence-electron chi connectivity index (χ0n) is 11.3. The van der Waals surface area contributed by atoms with Gasteiger partial charge in [0.1, 0.15) is 18.0 Å². The fraction of sp³-hybridized carbons (Fsp3) is 0.583. The largest absolute Gasteiger partial charge is 0.337 e. The predicted octanol–water partition coefficient (Wildman–Crippen LogP) is 1.10. The Kier molecular flexibility index (Phi) is 3.76. The molecule has 1 unspecified atom stereocenters. The highest BCUT2D eigenvalue weighted by molar-refractivity contribution is 5.03. The van der Waals surface area contributed by atoms with E-state index in [1.54, 1.807) is 6.33 Å². The number of nitrogens with zero attached hydrogens (tertiary/aromatic N) is 5. The quantitative estimate of drug-likeness (QED) is 0.860. The molecule has 0 saturated heterocycles. The molecule has 1 atom stereocenters. The van der Waals surface area contributed by atoms with Crippen LogP contribution in [0.25, 0.3) is 0 Å². The second kappa shape index (κ2) is 5.30. The Labute approximate surface area is 107 Å². The van der Waals surface area contributed by atoms with Crippen molar-refractivity contribution in [1.29, 1.82) is 0 Å². The number of nitrogens with one attached hydrogen (secondary N) is 1. The number of rotatable bonds is 5. The summed E-state index contributed by atoms with van der Waals surface area (Å²) >= 11 is 0. The van der Waals surface area contributed by atoms with E-state index in [0.29, 0.717) is 6.04 Å². The van der Waals surface area contributed by atoms with Gasteiger partial charge in [-0.3, -0.25) is 0 Å². The first-order valence-corrected chi connectivity index (χ1v) is 6.16. The Bertz CT molecular complexity index is 498. The highest BCUT2D eigenvalue weighted by atomic mass is 15.3. The van der Waals surface area contributed by atoms with Crippen LogP contribution in [-0.4, -0.2) is 31.4 Å². The Morgan fingerprint density at radius 3 is 2.67 bits per heavy atom. The van der Waals surface area contributed by atoms with E-state index in [1.807, 2.05) is 35.7 Å². The number of likely N-dealkylation sites (N-methyl/N-ethyl adjacent to an activating group) is 1. The number of aryl methyl sites for hydroxylation is 1. The van der Waals surface area contributed by atoms with E-state index >= 15 is 0 Å². The normalized spacial score (nSPS) is 13.2. The van der Waals surface area contributed by atoms with Crippen molar-refractivity contribution in [2.75, 3.05) is 7.05 Å². The molecular formula is C12H20N6. The molecule has 6 nitrogen and oxygen atoms in total. The summed E-state index contributed by atoms with van der Waals surface area (Å²) in [4.78, 5) is 8.72. The molecule has 0 aromatic carbocycles. The van der Waals surface area contributed by atoms with Crippen LogP contribution in [0.15, 0.2) is 18.7 Å². The van der Waals surface area contributed by atoms with Crippen LogP contribution >= 0.6 is 0 Å². The zero-order valence-corrected chi connectivity index (χ0v) is 11.3. The lowest BCUT2D eigenvalue weighted by molar-refractivity contribution is 0.464. The van der Waals surface area contributed by atoms with Crippen LogP contribution in [0, 0.1) is 0 Å². The first-order valence-electron chi connectivity index (χ1n) is 6.16. The maximum atomic E-state index is 4.39. The molecular weight excluding hydrogens is 228 g/mol. The van der Waals surface area contributed by atoms with Crippen molar-refractivity contribution in [2.24, 2.45) is 7.05 Å². The maximum Gasteiger partial charge on any atom is 0.138 e. The smallest absolute Gasteiger partial charge is 0.138 e. The average molecular weight is 248 g/mol. The minimum Gasteiger partial charge on any atom is -0.337 e. The third kappa shape index (κ3) is 2.43. The van der Waals surface area contributed by atoms with Gasteiger partial charge in [0.15, 0.2) is 0 Å². The van der Waals surface area contributed by atoms with Gasteiger partial charge in [-0.25, -0.2) is 14.6 Å². The molecule has 0 fully saturated rings. The van der Waals surface area contributed by atoms with Crippen molar-refractivity contribution in [3.05, 3.63) is 30.4 Å². The molecule has 0 aliphatic rings. The van der Waals surface area contributed by atoms with Crippen molar-refractivity contribution in [1.82, 2.24) is 29.6 Å². The summed E-state index contributed by atoms with van der Waals surface area (Å²) < 4.78 is 3.98. The highest BCUT2D eigenvalue weighted by Gasteiger charge is 2.18. The van der Waals surface area contributed by atoms with Crippen molar-refractivity contribution in [3.63, 3.8) is 0 Å². The van der Waals surface area contributed by atoms with Crippen LogP contribution in [0.1, 0.15) is 37.6 Å². The number of aromatic nitrogens is 5. The lowest BCUT2D eigenvalue weighted by Gasteiger charge is -2.17. The summed E-state index contributed by atoms with van der Waals surface area (Å²) in [5.41, 5.74) is 0. The number of imidazole rings is 1. The fourth-order valence-corrected chi connectivity index (χ4v) is 2.07. The van der Waals surface area contributed by atoms with Crippen molar-refractivity contribution >= 4 is 0 Å². The molecule has 0 aliphatic heterocycles. The molecule has 0 aliphatic carbocycles. The van der Waals surface area contributed by atoms with Gasteiger partial charge >= 0.3 is 0 Å². The van der Waals surface area contributed by atoms with E-state index in [1.165, 1.54) is 0 Å². The molecule has 2 heterocycles. The van der Waals surface area contributed by atoms with E-state index in [9.17, 15) is 0 Å². The van der Waals surface area contributed by atoms with Gasteiger partial charge < -0.3 is 9.88 Å². The van der Waals surface area contributed by atoms with E-state index in [0.717, 1.165) is 18.1 Å². The second-order valence-electron chi connectivity index (χ2n) is 4.66. The molecule has 2 aromatic rings. The molecule has 98 valence electrons. The van der Waals surface area contributed by atoms with E-state index < -0.39 is 0 Å². The summed E-state index contributed by atoms with van der Waals surface area (Å²) in [6, 6.07) is 0.466. The molecule has 18 heavy (non-hydrogen) atoms. The van der Waals surface area contributed by atoms with Gasteiger partial charge in [-0.1, -0.05) is 0 Å². The first-order chi connectivity index (χ1) is 8.63. The van der Waals surface area contributed by atoms with Gasteiger partial charge in [-0.15, -0.1) is 0 Å². The maximum absolute atomic E-state index is 4.39. The highest BCUT2D eigenvalue weighted by Crippen LogP contribution is 2.16. The summed E-state index contributed by atoms with van der Waals surface area (Å²) in [5.74, 6) is 1.99. The van der Waals surface area contributed by atoms with Crippen molar-refractivity contribution in [3.8, 4) is 0 Å². The molecule has 2 rings (SSSR count). The molecule has 0 bridgehead atoms. The molecule has 0 spiro atoms. The van der Waals surface area contributed by atoms with Crippen LogP contribution in [-0.2, 0) is 13.5 Å². The Hall–Kier alpha value is -1.69. The van der Waals surface area contributed by atoms with Crippen LogP contribution in [0.3, 0.4) is 0 Å².